The number of anilines is 2. The first-order valence-corrected chi connectivity index (χ1v) is 6.69. The van der Waals surface area contributed by atoms with Gasteiger partial charge in [-0.25, -0.2) is 0 Å². The molecule has 0 atom stereocenters. The van der Waals surface area contributed by atoms with Gasteiger partial charge in [-0.1, -0.05) is 11.6 Å². The summed E-state index contributed by atoms with van der Waals surface area (Å²) in [4.78, 5) is 25.4. The predicted molar refractivity (Wildman–Crippen MR) is 84.9 cm³/mol. The molecule has 0 aromatic heterocycles. The molecule has 1 aliphatic rings. The molecule has 2 rings (SSSR count). The van der Waals surface area contributed by atoms with Crippen LogP contribution in [0.2, 0.25) is 5.02 Å². The molecule has 0 bridgehead atoms. The first-order chi connectivity index (χ1) is 10.3. The molecule has 0 fully saturated rings. The molecule has 22 heavy (non-hydrogen) atoms. The van der Waals surface area contributed by atoms with Crippen LogP contribution in [0.4, 0.5) is 11.4 Å². The number of benzene rings is 1. The Hall–Kier alpha value is -2.60. The number of carbonyl (C=O) groups excluding carboxylic acids is 2. The Kier molecular flexibility index (Phi) is 4.32. The zero-order valence-electron chi connectivity index (χ0n) is 12.0. The minimum absolute atomic E-state index is 0.00453. The van der Waals surface area contributed by atoms with Gasteiger partial charge in [0.15, 0.2) is 0 Å². The lowest BCUT2D eigenvalue weighted by Crippen LogP contribution is -2.33. The molecule has 0 saturated carbocycles. The summed E-state index contributed by atoms with van der Waals surface area (Å²) in [6.07, 6.45) is 2.46. The SMILES string of the molecule is COC1=CC(=O)C(N(C(C)=O)c2ccc(N)c(Cl)c2)=CC1=N. The van der Waals surface area contributed by atoms with Crippen LogP contribution in [-0.4, -0.2) is 24.5 Å². The van der Waals surface area contributed by atoms with Crippen LogP contribution in [0.3, 0.4) is 0 Å². The van der Waals surface area contributed by atoms with Gasteiger partial charge in [-0.2, -0.15) is 0 Å². The van der Waals surface area contributed by atoms with Gasteiger partial charge in [0.25, 0.3) is 0 Å². The largest absolute Gasteiger partial charge is 0.494 e. The number of rotatable bonds is 3. The van der Waals surface area contributed by atoms with E-state index in [2.05, 4.69) is 0 Å². The Bertz CT molecular complexity index is 738. The molecule has 6 nitrogen and oxygen atoms in total. The van der Waals surface area contributed by atoms with Gasteiger partial charge in [-0.05, 0) is 24.3 Å². The Morgan fingerprint density at radius 2 is 2.05 bits per heavy atom. The van der Waals surface area contributed by atoms with Crippen LogP contribution in [0.5, 0.6) is 0 Å². The van der Waals surface area contributed by atoms with Gasteiger partial charge < -0.3 is 10.5 Å². The van der Waals surface area contributed by atoms with Crippen molar-refractivity contribution in [3.63, 3.8) is 0 Å². The number of ketones is 1. The van der Waals surface area contributed by atoms with Gasteiger partial charge in [0.05, 0.1) is 34.9 Å². The van der Waals surface area contributed by atoms with Crippen molar-refractivity contribution in [2.45, 2.75) is 6.92 Å². The Morgan fingerprint density at radius 1 is 1.36 bits per heavy atom. The number of nitrogens with one attached hydrogen (secondary N) is 1. The van der Waals surface area contributed by atoms with Gasteiger partial charge in [0.2, 0.25) is 11.7 Å². The van der Waals surface area contributed by atoms with Crippen molar-refractivity contribution in [2.75, 3.05) is 17.7 Å². The zero-order valence-corrected chi connectivity index (χ0v) is 12.8. The number of nitrogen functional groups attached to an aromatic ring is 1. The highest BCUT2D eigenvalue weighted by Crippen LogP contribution is 2.29. The third-order valence-corrected chi connectivity index (χ3v) is 3.41. The molecule has 7 heteroatoms. The van der Waals surface area contributed by atoms with Gasteiger partial charge in [0, 0.05) is 13.0 Å². The molecule has 1 amide bonds. The lowest BCUT2D eigenvalue weighted by Gasteiger charge is -2.25. The van der Waals surface area contributed by atoms with E-state index in [-0.39, 0.29) is 28.1 Å². The maximum Gasteiger partial charge on any atom is 0.228 e. The van der Waals surface area contributed by atoms with E-state index in [1.165, 1.54) is 37.2 Å². The maximum atomic E-state index is 12.2. The van der Waals surface area contributed by atoms with Gasteiger partial charge in [-0.3, -0.25) is 19.9 Å². The van der Waals surface area contributed by atoms with Crippen LogP contribution >= 0.6 is 11.6 Å². The second-order valence-corrected chi connectivity index (χ2v) is 4.99. The Labute approximate surface area is 132 Å². The van der Waals surface area contributed by atoms with E-state index in [1.54, 1.807) is 12.1 Å². The van der Waals surface area contributed by atoms with Crippen molar-refractivity contribution in [3.8, 4) is 0 Å². The first kappa shape index (κ1) is 15.8. The smallest absolute Gasteiger partial charge is 0.228 e. The molecule has 0 radical (unpaired) electrons. The summed E-state index contributed by atoms with van der Waals surface area (Å²) >= 11 is 5.97. The average molecular weight is 320 g/mol. The highest BCUT2D eigenvalue weighted by Gasteiger charge is 2.27. The van der Waals surface area contributed by atoms with Crippen molar-refractivity contribution < 1.29 is 14.3 Å². The van der Waals surface area contributed by atoms with E-state index < -0.39 is 5.78 Å². The second kappa shape index (κ2) is 6.03. The standard InChI is InChI=1S/C15H14ClN3O3/c1-8(20)19(9-3-4-11(17)10(16)5-9)13-6-12(18)15(22-2)7-14(13)21/h3-7,18H,17H2,1-2H3. The molecule has 0 saturated heterocycles. The van der Waals surface area contributed by atoms with Crippen LogP contribution in [-0.2, 0) is 14.3 Å². The molecule has 0 heterocycles. The lowest BCUT2D eigenvalue weighted by atomic mass is 10.1. The van der Waals surface area contributed by atoms with E-state index in [0.717, 1.165) is 0 Å². The number of ether oxygens (including phenoxy) is 1. The fraction of sp³-hybridized carbons (Fsp3) is 0.133. The molecule has 1 aliphatic carbocycles. The molecule has 3 N–H and O–H groups in total. The van der Waals surface area contributed by atoms with E-state index in [0.29, 0.717) is 11.4 Å². The fourth-order valence-electron chi connectivity index (χ4n) is 2.04. The van der Waals surface area contributed by atoms with Crippen molar-refractivity contribution in [1.29, 1.82) is 5.41 Å². The Balaban J connectivity index is 2.50. The number of halogens is 1. The molecular weight excluding hydrogens is 306 g/mol. The molecule has 0 spiro atoms. The number of methoxy groups -OCH3 is 1. The third-order valence-electron chi connectivity index (χ3n) is 3.08. The summed E-state index contributed by atoms with van der Waals surface area (Å²) in [5.41, 5.74) is 6.48. The van der Waals surface area contributed by atoms with E-state index >= 15 is 0 Å². The van der Waals surface area contributed by atoms with Crippen molar-refractivity contribution in [1.82, 2.24) is 0 Å². The number of allylic oxidation sites excluding steroid dienone is 2. The maximum absolute atomic E-state index is 12.2. The van der Waals surface area contributed by atoms with Crippen LogP contribution in [0, 0.1) is 5.41 Å². The minimum atomic E-state index is -0.434. The molecule has 0 aliphatic heterocycles. The summed E-state index contributed by atoms with van der Waals surface area (Å²) < 4.78 is 4.93. The van der Waals surface area contributed by atoms with Crippen LogP contribution in [0.25, 0.3) is 0 Å². The number of carbonyl (C=O) groups is 2. The Morgan fingerprint density at radius 3 is 2.59 bits per heavy atom. The van der Waals surface area contributed by atoms with E-state index in [4.69, 9.17) is 27.5 Å². The zero-order chi connectivity index (χ0) is 16.4. The van der Waals surface area contributed by atoms with Gasteiger partial charge >= 0.3 is 0 Å². The molecular formula is C15H14ClN3O3. The quantitative estimate of drug-likeness (QED) is 0.660. The van der Waals surface area contributed by atoms with Crippen molar-refractivity contribution in [2.24, 2.45) is 0 Å². The lowest BCUT2D eigenvalue weighted by molar-refractivity contribution is -0.118. The van der Waals surface area contributed by atoms with Crippen LogP contribution < -0.4 is 10.6 Å². The highest BCUT2D eigenvalue weighted by atomic mass is 35.5. The summed E-state index contributed by atoms with van der Waals surface area (Å²) in [5, 5.41) is 8.11. The average Bonchev–Trinajstić information content (AvgIpc) is 2.46. The molecule has 1 aromatic carbocycles. The molecule has 0 unspecified atom stereocenters. The first-order valence-electron chi connectivity index (χ1n) is 6.31. The number of hydrogen-bond donors (Lipinski definition) is 2. The van der Waals surface area contributed by atoms with Crippen molar-refractivity contribution in [3.05, 3.63) is 46.8 Å². The topological polar surface area (TPSA) is 96.5 Å². The van der Waals surface area contributed by atoms with Crippen LogP contribution in [0.1, 0.15) is 6.92 Å². The minimum Gasteiger partial charge on any atom is -0.494 e. The number of nitrogens with zero attached hydrogens (tertiary/aromatic N) is 1. The number of amides is 1. The molecule has 114 valence electrons. The van der Waals surface area contributed by atoms with Gasteiger partial charge in [0.1, 0.15) is 5.76 Å². The van der Waals surface area contributed by atoms with Crippen LogP contribution in [0.15, 0.2) is 41.8 Å². The predicted octanol–water partition coefficient (Wildman–Crippen LogP) is 2.29. The van der Waals surface area contributed by atoms with Crippen molar-refractivity contribution >= 4 is 40.4 Å². The summed E-state index contributed by atoms with van der Waals surface area (Å²) in [6.45, 7) is 1.32. The second-order valence-electron chi connectivity index (χ2n) is 4.58. The summed E-state index contributed by atoms with van der Waals surface area (Å²) in [7, 11) is 1.37. The third kappa shape index (κ3) is 2.87. The number of hydrogen-bond acceptors (Lipinski definition) is 5. The van der Waals surface area contributed by atoms with E-state index in [9.17, 15) is 9.59 Å². The molecule has 1 aromatic rings. The van der Waals surface area contributed by atoms with Gasteiger partial charge in [-0.15, -0.1) is 0 Å². The number of nitrogens with two attached hydrogens (primary N) is 1. The van der Waals surface area contributed by atoms with E-state index in [1.807, 2.05) is 0 Å². The highest BCUT2D eigenvalue weighted by molar-refractivity contribution is 6.33. The monoisotopic (exact) mass is 319 g/mol. The summed E-state index contributed by atoms with van der Waals surface area (Å²) in [5.74, 6) is -0.675. The normalized spacial score (nSPS) is 14.3. The fourth-order valence-corrected chi connectivity index (χ4v) is 2.21. The summed E-state index contributed by atoms with van der Waals surface area (Å²) in [6, 6.07) is 4.62.